The highest BCUT2D eigenvalue weighted by Gasteiger charge is 2.29. The molecule has 1 saturated heterocycles. The summed E-state index contributed by atoms with van der Waals surface area (Å²) in [5, 5.41) is 0. The molecule has 1 N–H and O–H groups in total. The number of nitrogens with one attached hydrogen (secondary N) is 1. The van der Waals surface area contributed by atoms with Crippen molar-refractivity contribution >= 4 is 31.4 Å². The summed E-state index contributed by atoms with van der Waals surface area (Å²) in [4.78, 5) is -0.513. The summed E-state index contributed by atoms with van der Waals surface area (Å²) in [7, 11) is -6.29. The Balaban J connectivity index is 2.02. The molecule has 7 nitrogen and oxygen atoms in total. The maximum atomic E-state index is 13.9. The first-order valence-electron chi connectivity index (χ1n) is 7.70. The summed E-state index contributed by atoms with van der Waals surface area (Å²) in [6, 6.07) is 9.32. The van der Waals surface area contributed by atoms with Gasteiger partial charge < -0.3 is 4.74 Å². The fourth-order valence-corrected chi connectivity index (χ4v) is 5.42. The number of ether oxygens (including phenoxy) is 1. The van der Waals surface area contributed by atoms with Crippen molar-refractivity contribution in [3.05, 3.63) is 48.3 Å². The molecule has 0 aromatic heterocycles. The normalized spacial score (nSPS) is 16.5. The van der Waals surface area contributed by atoms with Crippen LogP contribution in [0.3, 0.4) is 0 Å². The van der Waals surface area contributed by atoms with Gasteiger partial charge in [-0.25, -0.2) is 21.2 Å². The molecule has 0 bridgehead atoms. The molecule has 1 aliphatic rings. The van der Waals surface area contributed by atoms with E-state index >= 15 is 0 Å². The molecule has 0 radical (unpaired) electrons. The molecule has 2 aromatic carbocycles. The number of hydrogen-bond donors (Lipinski definition) is 1. The summed E-state index contributed by atoms with van der Waals surface area (Å²) in [5.41, 5.74) is 0.338. The Morgan fingerprint density at radius 1 is 1.19 bits per heavy atom. The minimum atomic E-state index is -4.22. The standard InChI is InChI=1S/C16H17FN2O5S2/c1-24-15-8-7-12(19-9-4-10-25(19,20)21)11-14(15)18-26(22,23)16-6-3-2-5-13(16)17/h2-3,5-8,11,18H,4,9-10H2,1H3. The van der Waals surface area contributed by atoms with Crippen molar-refractivity contribution < 1.29 is 26.0 Å². The van der Waals surface area contributed by atoms with Crippen LogP contribution in [0.15, 0.2) is 47.4 Å². The van der Waals surface area contributed by atoms with Crippen LogP contribution in [0, 0.1) is 5.82 Å². The molecule has 1 fully saturated rings. The first kappa shape index (κ1) is 18.5. The number of benzene rings is 2. The Hall–Kier alpha value is -2.33. The molecule has 0 aliphatic carbocycles. The second-order valence-corrected chi connectivity index (χ2v) is 9.33. The Kier molecular flexibility index (Phi) is 4.80. The predicted octanol–water partition coefficient (Wildman–Crippen LogP) is 2.17. The van der Waals surface area contributed by atoms with Crippen molar-refractivity contribution in [1.82, 2.24) is 0 Å². The van der Waals surface area contributed by atoms with E-state index in [1.807, 2.05) is 0 Å². The highest BCUT2D eigenvalue weighted by molar-refractivity contribution is 7.93. The van der Waals surface area contributed by atoms with Gasteiger partial charge in [0.2, 0.25) is 10.0 Å². The van der Waals surface area contributed by atoms with Crippen LogP contribution in [-0.4, -0.2) is 36.2 Å². The van der Waals surface area contributed by atoms with E-state index in [9.17, 15) is 21.2 Å². The number of methoxy groups -OCH3 is 1. The van der Waals surface area contributed by atoms with E-state index in [1.54, 1.807) is 0 Å². The van der Waals surface area contributed by atoms with Crippen molar-refractivity contribution in [2.45, 2.75) is 11.3 Å². The zero-order valence-electron chi connectivity index (χ0n) is 13.8. The SMILES string of the molecule is COc1ccc(N2CCCS2(=O)=O)cc1NS(=O)(=O)c1ccccc1F. The van der Waals surface area contributed by atoms with Gasteiger partial charge in [0, 0.05) is 6.54 Å². The van der Waals surface area contributed by atoms with Gasteiger partial charge in [0.25, 0.3) is 10.0 Å². The second kappa shape index (κ2) is 6.76. The largest absolute Gasteiger partial charge is 0.495 e. The summed E-state index contributed by atoms with van der Waals surface area (Å²) >= 11 is 0. The number of rotatable bonds is 5. The van der Waals surface area contributed by atoms with Crippen molar-refractivity contribution in [2.75, 3.05) is 28.4 Å². The number of nitrogens with zero attached hydrogens (tertiary/aromatic N) is 1. The Bertz CT molecular complexity index is 1040. The van der Waals surface area contributed by atoms with Crippen LogP contribution < -0.4 is 13.8 Å². The van der Waals surface area contributed by atoms with Gasteiger partial charge in [-0.1, -0.05) is 12.1 Å². The maximum absolute atomic E-state index is 13.9. The summed E-state index contributed by atoms with van der Waals surface area (Å²) in [6.07, 6.45) is 0.491. The lowest BCUT2D eigenvalue weighted by molar-refractivity contribution is 0.417. The van der Waals surface area contributed by atoms with E-state index in [-0.39, 0.29) is 17.2 Å². The van der Waals surface area contributed by atoms with Crippen LogP contribution in [0.25, 0.3) is 0 Å². The van der Waals surface area contributed by atoms with Crippen molar-refractivity contribution in [1.29, 1.82) is 0 Å². The first-order chi connectivity index (χ1) is 12.2. The monoisotopic (exact) mass is 400 g/mol. The minimum absolute atomic E-state index is 0.0235. The summed E-state index contributed by atoms with van der Waals surface area (Å²) in [5.74, 6) is -0.669. The lowest BCUT2D eigenvalue weighted by Gasteiger charge is -2.19. The molecular weight excluding hydrogens is 383 g/mol. The number of halogens is 1. The van der Waals surface area contributed by atoms with Gasteiger partial charge in [0.15, 0.2) is 0 Å². The second-order valence-electron chi connectivity index (χ2n) is 5.66. The van der Waals surface area contributed by atoms with Gasteiger partial charge in [-0.15, -0.1) is 0 Å². The predicted molar refractivity (Wildman–Crippen MR) is 96.0 cm³/mol. The van der Waals surface area contributed by atoms with Crippen molar-refractivity contribution in [2.24, 2.45) is 0 Å². The van der Waals surface area contributed by atoms with Crippen LogP contribution in [0.2, 0.25) is 0 Å². The van der Waals surface area contributed by atoms with Gasteiger partial charge in [0.05, 0.1) is 24.2 Å². The molecule has 10 heteroatoms. The Morgan fingerprint density at radius 2 is 1.92 bits per heavy atom. The highest BCUT2D eigenvalue weighted by Crippen LogP contribution is 2.34. The summed E-state index contributed by atoms with van der Waals surface area (Å²) in [6.45, 7) is 0.314. The molecule has 1 aliphatic heterocycles. The third kappa shape index (κ3) is 3.47. The van der Waals surface area contributed by atoms with E-state index in [0.717, 1.165) is 12.1 Å². The summed E-state index contributed by atoms with van der Waals surface area (Å²) < 4.78 is 71.7. The average Bonchev–Trinajstić information content (AvgIpc) is 2.94. The molecule has 140 valence electrons. The van der Waals surface area contributed by atoms with Crippen molar-refractivity contribution in [3.63, 3.8) is 0 Å². The molecule has 0 unspecified atom stereocenters. The number of hydrogen-bond acceptors (Lipinski definition) is 5. The molecule has 0 amide bonds. The van der Waals surface area contributed by atoms with Gasteiger partial charge in [-0.3, -0.25) is 9.03 Å². The first-order valence-corrected chi connectivity index (χ1v) is 10.8. The lowest BCUT2D eigenvalue weighted by Crippen LogP contribution is -2.25. The molecule has 1 heterocycles. The third-order valence-electron chi connectivity index (χ3n) is 3.94. The maximum Gasteiger partial charge on any atom is 0.264 e. The Labute approximate surface area is 151 Å². The fourth-order valence-electron chi connectivity index (χ4n) is 2.72. The molecule has 0 spiro atoms. The van der Waals surface area contributed by atoms with E-state index in [4.69, 9.17) is 4.74 Å². The zero-order valence-corrected chi connectivity index (χ0v) is 15.5. The Morgan fingerprint density at radius 3 is 2.54 bits per heavy atom. The fraction of sp³-hybridized carbons (Fsp3) is 0.250. The van der Waals surface area contributed by atoms with Gasteiger partial charge >= 0.3 is 0 Å². The van der Waals surface area contributed by atoms with E-state index in [0.29, 0.717) is 18.7 Å². The van der Waals surface area contributed by atoms with Gasteiger partial charge in [-0.05, 0) is 36.8 Å². The van der Waals surface area contributed by atoms with Crippen LogP contribution in [0.1, 0.15) is 6.42 Å². The average molecular weight is 400 g/mol. The third-order valence-corrected chi connectivity index (χ3v) is 7.21. The molecule has 2 aromatic rings. The van der Waals surface area contributed by atoms with E-state index < -0.39 is 30.8 Å². The molecule has 3 rings (SSSR count). The topological polar surface area (TPSA) is 92.8 Å². The molecular formula is C16H17FN2O5S2. The van der Waals surface area contributed by atoms with Crippen LogP contribution in [0.4, 0.5) is 15.8 Å². The van der Waals surface area contributed by atoms with Crippen molar-refractivity contribution in [3.8, 4) is 5.75 Å². The minimum Gasteiger partial charge on any atom is -0.495 e. The van der Waals surface area contributed by atoms with Crippen LogP contribution in [-0.2, 0) is 20.0 Å². The molecule has 0 atom stereocenters. The molecule has 0 saturated carbocycles. The van der Waals surface area contributed by atoms with E-state index in [2.05, 4.69) is 4.72 Å². The number of sulfonamides is 2. The quantitative estimate of drug-likeness (QED) is 0.830. The molecule has 26 heavy (non-hydrogen) atoms. The van der Waals surface area contributed by atoms with Crippen LogP contribution in [0.5, 0.6) is 5.75 Å². The highest BCUT2D eigenvalue weighted by atomic mass is 32.2. The number of anilines is 2. The van der Waals surface area contributed by atoms with Crippen LogP contribution >= 0.6 is 0 Å². The zero-order chi connectivity index (χ0) is 18.9. The van der Waals surface area contributed by atoms with E-state index in [1.165, 1.54) is 41.7 Å². The van der Waals surface area contributed by atoms with Gasteiger partial charge in [0.1, 0.15) is 16.5 Å². The lowest BCUT2D eigenvalue weighted by atomic mass is 10.2. The van der Waals surface area contributed by atoms with Gasteiger partial charge in [-0.2, -0.15) is 0 Å². The smallest absolute Gasteiger partial charge is 0.264 e.